The molecule has 0 saturated heterocycles. The first-order valence-electron chi connectivity index (χ1n) is 9.36. The Bertz CT molecular complexity index is 870. The lowest BCUT2D eigenvalue weighted by Gasteiger charge is -2.16. The molecule has 2 aromatic rings. The van der Waals surface area contributed by atoms with Crippen molar-refractivity contribution < 1.29 is 8.42 Å². The van der Waals surface area contributed by atoms with E-state index in [1.165, 1.54) is 22.0 Å². The van der Waals surface area contributed by atoms with E-state index in [0.717, 1.165) is 17.2 Å². The fraction of sp³-hybridized carbons (Fsp3) is 0.588. The number of thiophene rings is 1. The van der Waals surface area contributed by atoms with Gasteiger partial charge in [-0.2, -0.15) is 9.40 Å². The van der Waals surface area contributed by atoms with Gasteiger partial charge in [0.05, 0.1) is 0 Å². The van der Waals surface area contributed by atoms with E-state index in [2.05, 4.69) is 25.7 Å². The molecule has 2 aromatic heterocycles. The van der Waals surface area contributed by atoms with Crippen LogP contribution in [-0.2, 0) is 30.0 Å². The number of aromatic nitrogens is 3. The van der Waals surface area contributed by atoms with Crippen molar-refractivity contribution in [2.24, 2.45) is 12.0 Å². The summed E-state index contributed by atoms with van der Waals surface area (Å²) in [7, 11) is -1.56. The van der Waals surface area contributed by atoms with Crippen LogP contribution in [0.3, 0.4) is 0 Å². The summed E-state index contributed by atoms with van der Waals surface area (Å²) >= 11 is 1.33. The van der Waals surface area contributed by atoms with Crippen molar-refractivity contribution in [2.75, 3.05) is 26.2 Å². The Kier molecular flexibility index (Phi) is 8.39. The van der Waals surface area contributed by atoms with Crippen molar-refractivity contribution in [2.45, 2.75) is 37.9 Å². The van der Waals surface area contributed by atoms with E-state index in [1.54, 1.807) is 10.7 Å². The first kappa shape index (κ1) is 22.3. The van der Waals surface area contributed by atoms with Crippen molar-refractivity contribution in [1.82, 2.24) is 29.7 Å². The lowest BCUT2D eigenvalue weighted by atomic mass is 10.3. The van der Waals surface area contributed by atoms with Crippen LogP contribution in [0.15, 0.2) is 27.7 Å². The summed E-state index contributed by atoms with van der Waals surface area (Å²) in [5.74, 6) is 1.47. The molecule has 0 amide bonds. The molecule has 0 aliphatic rings. The predicted octanol–water partition coefficient (Wildman–Crippen LogP) is 1.20. The number of guanidine groups is 1. The molecule has 2 heterocycles. The maximum atomic E-state index is 12.6. The lowest BCUT2D eigenvalue weighted by Crippen LogP contribution is -2.38. The molecular formula is C17H29N7O2S2. The monoisotopic (exact) mass is 427 g/mol. The van der Waals surface area contributed by atoms with Crippen LogP contribution in [0, 0.1) is 0 Å². The molecule has 28 heavy (non-hydrogen) atoms. The van der Waals surface area contributed by atoms with Gasteiger partial charge in [-0.25, -0.2) is 18.4 Å². The van der Waals surface area contributed by atoms with Gasteiger partial charge in [0.25, 0.3) is 10.0 Å². The number of hydrogen-bond donors (Lipinski definition) is 2. The van der Waals surface area contributed by atoms with Crippen molar-refractivity contribution >= 4 is 27.3 Å². The average molecular weight is 428 g/mol. The van der Waals surface area contributed by atoms with E-state index in [1.807, 2.05) is 33.9 Å². The quantitative estimate of drug-likeness (QED) is 0.436. The van der Waals surface area contributed by atoms with Crippen LogP contribution in [0.2, 0.25) is 0 Å². The summed E-state index contributed by atoms with van der Waals surface area (Å²) < 4.78 is 28.7. The van der Waals surface area contributed by atoms with Gasteiger partial charge in [0.2, 0.25) is 0 Å². The third kappa shape index (κ3) is 5.76. The van der Waals surface area contributed by atoms with Crippen LogP contribution in [0.25, 0.3) is 0 Å². The SMILES string of the molecule is CCNC(=NCc1ncnn1C)NCCc1ccc(S(=O)(=O)N(CC)CC)s1. The van der Waals surface area contributed by atoms with Crippen LogP contribution in [0.1, 0.15) is 31.5 Å². The summed E-state index contributed by atoms with van der Waals surface area (Å²) in [5, 5.41) is 10.5. The summed E-state index contributed by atoms with van der Waals surface area (Å²) in [5.41, 5.74) is 0. The molecular weight excluding hydrogens is 398 g/mol. The Labute approximate surface area is 170 Å². The maximum Gasteiger partial charge on any atom is 0.252 e. The van der Waals surface area contributed by atoms with Gasteiger partial charge in [-0.15, -0.1) is 11.3 Å². The van der Waals surface area contributed by atoms with Gasteiger partial charge < -0.3 is 10.6 Å². The molecule has 0 aromatic carbocycles. The van der Waals surface area contributed by atoms with E-state index in [4.69, 9.17) is 0 Å². The minimum Gasteiger partial charge on any atom is -0.357 e. The zero-order chi connectivity index (χ0) is 20.6. The smallest absolute Gasteiger partial charge is 0.252 e. The Morgan fingerprint density at radius 2 is 2.00 bits per heavy atom. The van der Waals surface area contributed by atoms with E-state index in [9.17, 15) is 8.42 Å². The van der Waals surface area contributed by atoms with Crippen LogP contribution >= 0.6 is 11.3 Å². The van der Waals surface area contributed by atoms with E-state index in [0.29, 0.717) is 42.8 Å². The normalized spacial score (nSPS) is 12.5. The number of hydrogen-bond acceptors (Lipinski definition) is 6. The molecule has 0 unspecified atom stereocenters. The third-order valence-electron chi connectivity index (χ3n) is 4.13. The van der Waals surface area contributed by atoms with Crippen LogP contribution in [0.5, 0.6) is 0 Å². The molecule has 0 bridgehead atoms. The van der Waals surface area contributed by atoms with Gasteiger partial charge in [-0.05, 0) is 25.5 Å². The predicted molar refractivity (Wildman–Crippen MR) is 112 cm³/mol. The van der Waals surface area contributed by atoms with Crippen LogP contribution < -0.4 is 10.6 Å². The standard InChI is InChI=1S/C17H29N7O2S2/c1-5-18-17(20-12-15-21-13-22-23(15)4)19-11-10-14-8-9-16(27-14)28(25,26)24(6-2)7-3/h8-9,13H,5-7,10-12H2,1-4H3,(H2,18,19,20). The molecule has 11 heteroatoms. The van der Waals surface area contributed by atoms with Gasteiger partial charge in [0.1, 0.15) is 22.9 Å². The average Bonchev–Trinajstić information content (AvgIpc) is 3.30. The van der Waals surface area contributed by atoms with Gasteiger partial charge >= 0.3 is 0 Å². The largest absolute Gasteiger partial charge is 0.357 e. The highest BCUT2D eigenvalue weighted by Gasteiger charge is 2.23. The molecule has 0 radical (unpaired) electrons. The Morgan fingerprint density at radius 3 is 2.61 bits per heavy atom. The van der Waals surface area contributed by atoms with Crippen molar-refractivity contribution in [1.29, 1.82) is 0 Å². The fourth-order valence-electron chi connectivity index (χ4n) is 2.58. The zero-order valence-corrected chi connectivity index (χ0v) is 18.5. The molecule has 9 nitrogen and oxygen atoms in total. The summed E-state index contributed by atoms with van der Waals surface area (Å²) in [6.07, 6.45) is 2.22. The van der Waals surface area contributed by atoms with Crippen LogP contribution in [-0.4, -0.2) is 59.6 Å². The Balaban J connectivity index is 1.94. The third-order valence-corrected chi connectivity index (χ3v) is 7.79. The van der Waals surface area contributed by atoms with E-state index >= 15 is 0 Å². The lowest BCUT2D eigenvalue weighted by molar-refractivity contribution is 0.447. The minimum absolute atomic E-state index is 0.397. The Morgan fingerprint density at radius 1 is 1.25 bits per heavy atom. The second-order valence-corrected chi connectivity index (χ2v) is 9.31. The first-order chi connectivity index (χ1) is 13.4. The highest BCUT2D eigenvalue weighted by molar-refractivity contribution is 7.91. The summed E-state index contributed by atoms with van der Waals surface area (Å²) in [6, 6.07) is 3.58. The highest BCUT2D eigenvalue weighted by Crippen LogP contribution is 2.25. The van der Waals surface area contributed by atoms with Crippen molar-refractivity contribution in [3.8, 4) is 0 Å². The molecule has 2 rings (SSSR count). The van der Waals surface area contributed by atoms with Crippen molar-refractivity contribution in [3.63, 3.8) is 0 Å². The number of rotatable bonds is 10. The van der Waals surface area contributed by atoms with Gasteiger partial charge in [-0.1, -0.05) is 13.8 Å². The molecule has 0 saturated carbocycles. The summed E-state index contributed by atoms with van der Waals surface area (Å²) in [4.78, 5) is 9.69. The second kappa shape index (κ2) is 10.5. The number of aliphatic imine (C=N–C) groups is 1. The molecule has 2 N–H and O–H groups in total. The second-order valence-electron chi connectivity index (χ2n) is 5.98. The minimum atomic E-state index is -3.39. The van der Waals surface area contributed by atoms with Gasteiger partial charge in [0.15, 0.2) is 5.96 Å². The van der Waals surface area contributed by atoms with Crippen molar-refractivity contribution in [3.05, 3.63) is 29.2 Å². The number of nitrogens with one attached hydrogen (secondary N) is 2. The summed E-state index contributed by atoms with van der Waals surface area (Å²) in [6.45, 7) is 8.47. The van der Waals surface area contributed by atoms with E-state index < -0.39 is 10.0 Å². The molecule has 0 spiro atoms. The van der Waals surface area contributed by atoms with Crippen LogP contribution in [0.4, 0.5) is 0 Å². The topological polar surface area (TPSA) is 105 Å². The molecule has 0 aliphatic heterocycles. The molecule has 0 fully saturated rings. The van der Waals surface area contributed by atoms with Gasteiger partial charge in [0, 0.05) is 38.1 Å². The van der Waals surface area contributed by atoms with E-state index in [-0.39, 0.29) is 0 Å². The number of nitrogens with zero attached hydrogens (tertiary/aromatic N) is 5. The first-order valence-corrected chi connectivity index (χ1v) is 11.6. The fourth-order valence-corrected chi connectivity index (χ4v) is 5.55. The number of sulfonamides is 1. The highest BCUT2D eigenvalue weighted by atomic mass is 32.2. The number of aryl methyl sites for hydroxylation is 1. The van der Waals surface area contributed by atoms with Gasteiger partial charge in [-0.3, -0.25) is 4.68 Å². The molecule has 156 valence electrons. The molecule has 0 aliphatic carbocycles. The Hall–Kier alpha value is -1.98. The maximum absolute atomic E-state index is 12.6. The zero-order valence-electron chi connectivity index (χ0n) is 16.8. The molecule has 0 atom stereocenters.